The van der Waals surface area contributed by atoms with Crippen LogP contribution in [0.5, 0.6) is 0 Å². The van der Waals surface area contributed by atoms with Gasteiger partial charge in [-0.3, -0.25) is 18.5 Å². The normalized spacial score (nSPS) is 17.1. The van der Waals surface area contributed by atoms with Crippen LogP contribution in [0.3, 0.4) is 0 Å². The lowest BCUT2D eigenvalue weighted by Crippen LogP contribution is -2.40. The van der Waals surface area contributed by atoms with Gasteiger partial charge in [-0.1, -0.05) is 20.3 Å². The van der Waals surface area contributed by atoms with E-state index >= 15 is 0 Å². The van der Waals surface area contributed by atoms with Crippen molar-refractivity contribution in [3.05, 3.63) is 20.8 Å². The smallest absolute Gasteiger partial charge is 0.294 e. The zero-order valence-electron chi connectivity index (χ0n) is 15.6. The molecule has 8 heteroatoms. The second-order valence-corrected chi connectivity index (χ2v) is 6.65. The number of nitrogens with zero attached hydrogens (tertiary/aromatic N) is 6. The summed E-state index contributed by atoms with van der Waals surface area (Å²) in [7, 11) is 1.67. The van der Waals surface area contributed by atoms with Gasteiger partial charge in [-0.05, 0) is 26.7 Å². The molecule has 2 aromatic rings. The van der Waals surface area contributed by atoms with E-state index in [1.54, 1.807) is 7.05 Å². The minimum Gasteiger partial charge on any atom is -0.294 e. The molecule has 0 aromatic carbocycles. The summed E-state index contributed by atoms with van der Waals surface area (Å²) in [5.74, 6) is 0.642. The molecule has 0 N–H and O–H groups in total. The number of hydrazone groups is 1. The Balaban J connectivity index is 2.34. The zero-order chi connectivity index (χ0) is 18.3. The van der Waals surface area contributed by atoms with Crippen molar-refractivity contribution in [2.75, 3.05) is 11.6 Å². The summed E-state index contributed by atoms with van der Waals surface area (Å²) in [5.41, 5.74) is 1.25. The number of anilines is 1. The zero-order valence-corrected chi connectivity index (χ0v) is 15.6. The monoisotopic (exact) mass is 346 g/mol. The van der Waals surface area contributed by atoms with E-state index in [9.17, 15) is 9.59 Å². The van der Waals surface area contributed by atoms with Crippen molar-refractivity contribution in [1.29, 1.82) is 0 Å². The predicted molar refractivity (Wildman–Crippen MR) is 99.6 cm³/mol. The maximum atomic E-state index is 13.0. The Bertz CT molecular complexity index is 949. The Labute approximate surface area is 146 Å². The first-order chi connectivity index (χ1) is 11.9. The third kappa shape index (κ3) is 2.60. The fraction of sp³-hybridized carbons (Fsp3) is 0.647. The number of rotatable bonds is 5. The molecular weight excluding hydrogens is 320 g/mol. The first-order valence-corrected chi connectivity index (χ1v) is 8.96. The standard InChI is InChI=1S/C17H26N6O2/c1-6-8-10-22-16-18-14-13(23(16)12(4)11(3)19-22)15(24)21(9-7-2)17(25)20(14)5/h12H,6-10H2,1-5H3/t12-/m1/s1. The molecule has 0 saturated carbocycles. The highest BCUT2D eigenvalue weighted by atomic mass is 16.2. The van der Waals surface area contributed by atoms with Crippen molar-refractivity contribution in [2.24, 2.45) is 12.1 Å². The first-order valence-electron chi connectivity index (χ1n) is 8.96. The summed E-state index contributed by atoms with van der Waals surface area (Å²) < 4.78 is 4.71. The molecule has 1 atom stereocenters. The quantitative estimate of drug-likeness (QED) is 0.828. The molecule has 0 saturated heterocycles. The Morgan fingerprint density at radius 3 is 2.48 bits per heavy atom. The highest BCUT2D eigenvalue weighted by molar-refractivity contribution is 5.90. The van der Waals surface area contributed by atoms with Crippen molar-refractivity contribution < 1.29 is 0 Å². The molecule has 136 valence electrons. The average molecular weight is 346 g/mol. The van der Waals surface area contributed by atoms with Gasteiger partial charge in [0.05, 0.1) is 11.8 Å². The van der Waals surface area contributed by atoms with Crippen LogP contribution in [-0.4, -0.2) is 30.9 Å². The number of aromatic nitrogens is 4. The van der Waals surface area contributed by atoms with Crippen LogP contribution in [0, 0.1) is 0 Å². The van der Waals surface area contributed by atoms with Crippen LogP contribution in [0.25, 0.3) is 11.2 Å². The largest absolute Gasteiger partial charge is 0.332 e. The highest BCUT2D eigenvalue weighted by Gasteiger charge is 2.30. The Morgan fingerprint density at radius 2 is 1.84 bits per heavy atom. The lowest BCUT2D eigenvalue weighted by molar-refractivity contribution is 0.585. The fourth-order valence-electron chi connectivity index (χ4n) is 3.26. The summed E-state index contributed by atoms with van der Waals surface area (Å²) >= 11 is 0. The molecule has 0 fully saturated rings. The van der Waals surface area contributed by atoms with Gasteiger partial charge >= 0.3 is 5.69 Å². The van der Waals surface area contributed by atoms with Gasteiger partial charge in [-0.2, -0.15) is 10.1 Å². The van der Waals surface area contributed by atoms with Gasteiger partial charge in [0.25, 0.3) is 5.56 Å². The molecule has 0 amide bonds. The summed E-state index contributed by atoms with van der Waals surface area (Å²) in [6, 6.07) is -0.0712. The molecule has 0 aliphatic carbocycles. The van der Waals surface area contributed by atoms with E-state index in [2.05, 4.69) is 17.0 Å². The van der Waals surface area contributed by atoms with Crippen LogP contribution in [0.15, 0.2) is 14.7 Å². The van der Waals surface area contributed by atoms with Crippen molar-refractivity contribution in [2.45, 2.75) is 59.5 Å². The second-order valence-electron chi connectivity index (χ2n) is 6.65. The maximum Gasteiger partial charge on any atom is 0.332 e. The molecule has 2 aromatic heterocycles. The number of imidazole rings is 1. The summed E-state index contributed by atoms with van der Waals surface area (Å²) in [6.45, 7) is 9.19. The molecule has 8 nitrogen and oxygen atoms in total. The lowest BCUT2D eigenvalue weighted by atomic mass is 10.2. The van der Waals surface area contributed by atoms with Crippen molar-refractivity contribution in [3.8, 4) is 0 Å². The van der Waals surface area contributed by atoms with E-state index in [-0.39, 0.29) is 17.3 Å². The van der Waals surface area contributed by atoms with Crippen LogP contribution < -0.4 is 16.3 Å². The number of unbranched alkanes of at least 4 members (excludes halogenated alkanes) is 1. The molecule has 0 spiro atoms. The third-order valence-electron chi connectivity index (χ3n) is 4.83. The van der Waals surface area contributed by atoms with Gasteiger partial charge in [0.2, 0.25) is 5.95 Å². The number of aryl methyl sites for hydroxylation is 1. The van der Waals surface area contributed by atoms with Crippen LogP contribution >= 0.6 is 0 Å². The van der Waals surface area contributed by atoms with Crippen molar-refractivity contribution >= 4 is 22.8 Å². The number of hydrogen-bond acceptors (Lipinski definition) is 5. The fourth-order valence-corrected chi connectivity index (χ4v) is 3.26. The molecule has 0 bridgehead atoms. The number of fused-ring (bicyclic) bond motifs is 3. The van der Waals surface area contributed by atoms with Gasteiger partial charge in [0.1, 0.15) is 0 Å². The molecule has 1 aliphatic rings. The van der Waals surface area contributed by atoms with E-state index in [0.717, 1.165) is 31.5 Å². The van der Waals surface area contributed by atoms with Crippen LogP contribution in [0.2, 0.25) is 0 Å². The van der Waals surface area contributed by atoms with Crippen LogP contribution in [0.1, 0.15) is 53.0 Å². The summed E-state index contributed by atoms with van der Waals surface area (Å²) in [5, 5.41) is 6.50. The average Bonchev–Trinajstić information content (AvgIpc) is 3.00. The number of hydrogen-bond donors (Lipinski definition) is 0. The molecule has 1 aliphatic heterocycles. The van der Waals surface area contributed by atoms with Gasteiger partial charge in [0, 0.05) is 20.1 Å². The summed E-state index contributed by atoms with van der Waals surface area (Å²) in [4.78, 5) is 30.2. The molecule has 3 rings (SSSR count). The molecule has 3 heterocycles. The van der Waals surface area contributed by atoms with Crippen LogP contribution in [0.4, 0.5) is 5.95 Å². The molecule has 0 radical (unpaired) electrons. The van der Waals surface area contributed by atoms with E-state index in [1.807, 2.05) is 30.3 Å². The van der Waals surface area contributed by atoms with E-state index in [1.165, 1.54) is 9.13 Å². The third-order valence-corrected chi connectivity index (χ3v) is 4.83. The Hall–Kier alpha value is -2.38. The molecular formula is C17H26N6O2. The van der Waals surface area contributed by atoms with Crippen LogP contribution in [-0.2, 0) is 13.6 Å². The van der Waals surface area contributed by atoms with Gasteiger partial charge in [-0.25, -0.2) is 9.80 Å². The Kier molecular flexibility index (Phi) is 4.53. The van der Waals surface area contributed by atoms with Crippen molar-refractivity contribution in [3.63, 3.8) is 0 Å². The lowest BCUT2D eigenvalue weighted by Gasteiger charge is -2.29. The predicted octanol–water partition coefficient (Wildman–Crippen LogP) is 1.86. The topological polar surface area (TPSA) is 77.4 Å². The minimum absolute atomic E-state index is 0.0712. The van der Waals surface area contributed by atoms with Gasteiger partial charge < -0.3 is 0 Å². The highest BCUT2D eigenvalue weighted by Crippen LogP contribution is 2.29. The summed E-state index contributed by atoms with van der Waals surface area (Å²) in [6.07, 6.45) is 2.75. The maximum absolute atomic E-state index is 13.0. The van der Waals surface area contributed by atoms with E-state index in [0.29, 0.717) is 23.7 Å². The van der Waals surface area contributed by atoms with Gasteiger partial charge in [-0.15, -0.1) is 0 Å². The molecule has 25 heavy (non-hydrogen) atoms. The van der Waals surface area contributed by atoms with E-state index in [4.69, 9.17) is 0 Å². The minimum atomic E-state index is -0.319. The van der Waals surface area contributed by atoms with E-state index < -0.39 is 0 Å². The second kappa shape index (κ2) is 6.50. The molecule has 0 unspecified atom stereocenters. The van der Waals surface area contributed by atoms with Gasteiger partial charge in [0.15, 0.2) is 11.2 Å². The van der Waals surface area contributed by atoms with Crippen molar-refractivity contribution in [1.82, 2.24) is 18.7 Å². The SMILES string of the molecule is CCCCN1N=C(C)[C@@H](C)n2c1nc1c2c(=O)n(CCC)c(=O)n1C. The Morgan fingerprint density at radius 1 is 1.12 bits per heavy atom. The first kappa shape index (κ1) is 17.4.